The molecule has 1 aliphatic carbocycles. The van der Waals surface area contributed by atoms with E-state index < -0.39 is 36.0 Å². The van der Waals surface area contributed by atoms with Gasteiger partial charge in [0.25, 0.3) is 0 Å². The van der Waals surface area contributed by atoms with Crippen LogP contribution in [-0.4, -0.2) is 29.3 Å². The van der Waals surface area contributed by atoms with Gasteiger partial charge in [-0.3, -0.25) is 9.59 Å². The van der Waals surface area contributed by atoms with Crippen LogP contribution in [0.3, 0.4) is 0 Å². The van der Waals surface area contributed by atoms with Crippen LogP contribution in [0.15, 0.2) is 12.2 Å². The number of carboxylic acids is 1. The van der Waals surface area contributed by atoms with Crippen LogP contribution in [0.1, 0.15) is 39.5 Å². The molecule has 0 amide bonds. The fourth-order valence-corrected chi connectivity index (χ4v) is 2.23. The number of carboxylic acid groups (broad SMARTS) is 1. The van der Waals surface area contributed by atoms with Crippen molar-refractivity contribution in [1.82, 2.24) is 0 Å². The van der Waals surface area contributed by atoms with E-state index in [1.165, 1.54) is 13.8 Å². The van der Waals surface area contributed by atoms with Crippen molar-refractivity contribution < 1.29 is 29.0 Å². The topological polar surface area (TPSA) is 89.9 Å². The van der Waals surface area contributed by atoms with E-state index in [1.54, 1.807) is 0 Å². The second-order valence-electron chi connectivity index (χ2n) is 5.03. The summed E-state index contributed by atoms with van der Waals surface area (Å²) in [4.78, 5) is 34.4. The summed E-state index contributed by atoms with van der Waals surface area (Å²) in [6.45, 7) is 6.32. The fourth-order valence-electron chi connectivity index (χ4n) is 2.23. The Morgan fingerprint density at radius 1 is 1.15 bits per heavy atom. The van der Waals surface area contributed by atoms with Gasteiger partial charge in [-0.25, -0.2) is 4.79 Å². The third kappa shape index (κ3) is 4.36. The third-order valence-corrected chi connectivity index (χ3v) is 3.29. The number of esters is 2. The van der Waals surface area contributed by atoms with Gasteiger partial charge in [0.15, 0.2) is 0 Å². The number of hydrogen-bond donors (Lipinski definition) is 1. The van der Waals surface area contributed by atoms with Crippen LogP contribution in [-0.2, 0) is 23.9 Å². The highest BCUT2D eigenvalue weighted by atomic mass is 16.7. The summed E-state index contributed by atoms with van der Waals surface area (Å²) in [5.74, 6) is -3.66. The van der Waals surface area contributed by atoms with Crippen LogP contribution in [0.2, 0.25) is 0 Å². The third-order valence-electron chi connectivity index (χ3n) is 3.29. The molecule has 3 unspecified atom stereocenters. The molecule has 6 heteroatoms. The van der Waals surface area contributed by atoms with E-state index in [0.29, 0.717) is 12.8 Å². The predicted molar refractivity (Wildman–Crippen MR) is 69.5 cm³/mol. The highest BCUT2D eigenvalue weighted by Gasteiger charge is 2.37. The summed E-state index contributed by atoms with van der Waals surface area (Å²) < 4.78 is 9.84. The SMILES string of the molecule is C=C(C)C(=O)OC(C)OC(=O)C1CCCCC1C(=O)O. The van der Waals surface area contributed by atoms with E-state index in [9.17, 15) is 14.4 Å². The molecule has 0 aliphatic heterocycles. The van der Waals surface area contributed by atoms with Crippen molar-refractivity contribution in [3.05, 3.63) is 12.2 Å². The van der Waals surface area contributed by atoms with E-state index in [-0.39, 0.29) is 5.57 Å². The molecule has 0 heterocycles. The summed E-state index contributed by atoms with van der Waals surface area (Å²) >= 11 is 0. The Balaban J connectivity index is 2.58. The van der Waals surface area contributed by atoms with Crippen LogP contribution in [0.5, 0.6) is 0 Å². The Kier molecular flexibility index (Phi) is 5.73. The molecule has 3 atom stereocenters. The zero-order valence-electron chi connectivity index (χ0n) is 11.8. The Morgan fingerprint density at radius 2 is 1.70 bits per heavy atom. The van der Waals surface area contributed by atoms with Gasteiger partial charge in [-0.2, -0.15) is 0 Å². The molecule has 0 radical (unpaired) electrons. The molecule has 0 bridgehead atoms. The van der Waals surface area contributed by atoms with Gasteiger partial charge in [0.2, 0.25) is 6.29 Å². The second kappa shape index (κ2) is 7.07. The zero-order chi connectivity index (χ0) is 15.3. The molecule has 0 aromatic carbocycles. The molecule has 1 aliphatic rings. The summed E-state index contributed by atoms with van der Waals surface area (Å²) in [5, 5.41) is 9.11. The van der Waals surface area contributed by atoms with Crippen LogP contribution in [0, 0.1) is 11.8 Å². The van der Waals surface area contributed by atoms with Gasteiger partial charge >= 0.3 is 17.9 Å². The average Bonchev–Trinajstić information content (AvgIpc) is 2.38. The normalized spacial score (nSPS) is 23.5. The lowest BCUT2D eigenvalue weighted by Crippen LogP contribution is -2.36. The number of aliphatic carboxylic acids is 1. The standard InChI is InChI=1S/C14H20O6/c1-8(2)13(17)19-9(3)20-14(18)11-7-5-4-6-10(11)12(15)16/h9-11H,1,4-7H2,2-3H3,(H,15,16). The smallest absolute Gasteiger partial charge is 0.336 e. The van der Waals surface area contributed by atoms with Crippen molar-refractivity contribution >= 4 is 17.9 Å². The molecular formula is C14H20O6. The lowest BCUT2D eigenvalue weighted by molar-refractivity contribution is -0.188. The minimum Gasteiger partial charge on any atom is -0.481 e. The number of ether oxygens (including phenoxy) is 2. The maximum absolute atomic E-state index is 12.0. The molecule has 0 aromatic heterocycles. The van der Waals surface area contributed by atoms with Gasteiger partial charge in [0.1, 0.15) is 0 Å². The molecule has 6 nitrogen and oxygen atoms in total. The van der Waals surface area contributed by atoms with Crippen molar-refractivity contribution in [2.24, 2.45) is 11.8 Å². The summed E-state index contributed by atoms with van der Waals surface area (Å²) in [6, 6.07) is 0. The molecular weight excluding hydrogens is 264 g/mol. The molecule has 0 spiro atoms. The first-order valence-corrected chi connectivity index (χ1v) is 6.62. The monoisotopic (exact) mass is 284 g/mol. The van der Waals surface area contributed by atoms with Crippen molar-refractivity contribution in [2.45, 2.75) is 45.8 Å². The van der Waals surface area contributed by atoms with E-state index in [0.717, 1.165) is 12.8 Å². The highest BCUT2D eigenvalue weighted by Crippen LogP contribution is 2.31. The minimum atomic E-state index is -1.05. The molecule has 1 rings (SSSR count). The molecule has 0 aromatic rings. The zero-order valence-corrected chi connectivity index (χ0v) is 11.8. The average molecular weight is 284 g/mol. The van der Waals surface area contributed by atoms with Gasteiger partial charge in [0.05, 0.1) is 11.8 Å². The molecule has 1 fully saturated rings. The van der Waals surface area contributed by atoms with E-state index in [1.807, 2.05) is 0 Å². The first-order valence-electron chi connectivity index (χ1n) is 6.62. The highest BCUT2D eigenvalue weighted by molar-refractivity contribution is 5.87. The van der Waals surface area contributed by atoms with E-state index in [2.05, 4.69) is 6.58 Å². The quantitative estimate of drug-likeness (QED) is 0.471. The number of rotatable bonds is 5. The molecule has 0 saturated heterocycles. The minimum absolute atomic E-state index is 0.203. The second-order valence-corrected chi connectivity index (χ2v) is 5.03. The predicted octanol–water partition coefficient (Wildman–Crippen LogP) is 1.89. The van der Waals surface area contributed by atoms with Gasteiger partial charge in [-0.05, 0) is 19.8 Å². The Morgan fingerprint density at radius 3 is 2.20 bits per heavy atom. The Hall–Kier alpha value is -1.85. The summed E-state index contributed by atoms with van der Waals surface area (Å²) in [6.07, 6.45) is 1.49. The lowest BCUT2D eigenvalue weighted by atomic mass is 9.79. The van der Waals surface area contributed by atoms with E-state index in [4.69, 9.17) is 14.6 Å². The van der Waals surface area contributed by atoms with E-state index >= 15 is 0 Å². The molecule has 1 N–H and O–H groups in total. The van der Waals surface area contributed by atoms with Crippen molar-refractivity contribution in [2.75, 3.05) is 0 Å². The van der Waals surface area contributed by atoms with Crippen molar-refractivity contribution in [3.63, 3.8) is 0 Å². The molecule has 112 valence electrons. The van der Waals surface area contributed by atoms with Crippen LogP contribution in [0.25, 0.3) is 0 Å². The maximum atomic E-state index is 12.0. The largest absolute Gasteiger partial charge is 0.481 e. The number of carbonyl (C=O) groups excluding carboxylic acids is 2. The van der Waals surface area contributed by atoms with Crippen molar-refractivity contribution in [3.8, 4) is 0 Å². The van der Waals surface area contributed by atoms with Crippen LogP contribution >= 0.6 is 0 Å². The Bertz CT molecular complexity index is 414. The van der Waals surface area contributed by atoms with Crippen molar-refractivity contribution in [1.29, 1.82) is 0 Å². The van der Waals surface area contributed by atoms with Crippen LogP contribution < -0.4 is 0 Å². The molecule has 20 heavy (non-hydrogen) atoms. The Labute approximate surface area is 117 Å². The summed E-state index contributed by atoms with van der Waals surface area (Å²) in [5.41, 5.74) is 0.203. The van der Waals surface area contributed by atoms with Gasteiger partial charge in [0, 0.05) is 12.5 Å². The lowest BCUT2D eigenvalue weighted by Gasteiger charge is -2.27. The van der Waals surface area contributed by atoms with Gasteiger partial charge < -0.3 is 14.6 Å². The van der Waals surface area contributed by atoms with Gasteiger partial charge in [-0.15, -0.1) is 0 Å². The molecule has 1 saturated carbocycles. The number of hydrogen-bond acceptors (Lipinski definition) is 5. The first-order chi connectivity index (χ1) is 9.32. The fraction of sp³-hybridized carbons (Fsp3) is 0.643. The number of carbonyl (C=O) groups is 3. The maximum Gasteiger partial charge on any atom is 0.336 e. The van der Waals surface area contributed by atoms with Crippen LogP contribution in [0.4, 0.5) is 0 Å². The van der Waals surface area contributed by atoms with Gasteiger partial charge in [-0.1, -0.05) is 19.4 Å². The summed E-state index contributed by atoms with van der Waals surface area (Å²) in [7, 11) is 0. The first kappa shape index (κ1) is 16.2.